The second kappa shape index (κ2) is 7.83. The molecule has 1 unspecified atom stereocenters. The molecule has 0 bridgehead atoms. The van der Waals surface area contributed by atoms with Crippen LogP contribution in [-0.2, 0) is 17.9 Å². The van der Waals surface area contributed by atoms with Gasteiger partial charge in [0.05, 0.1) is 0 Å². The number of carbonyl (C=O) groups is 1. The molecule has 2 saturated heterocycles. The molecule has 1 amide bonds. The highest BCUT2D eigenvalue weighted by Gasteiger charge is 2.52. The molecule has 3 fully saturated rings. The third-order valence-electron chi connectivity index (χ3n) is 6.80. The molecular formula is C25H30N2O2. The van der Waals surface area contributed by atoms with Gasteiger partial charge in [0.25, 0.3) is 0 Å². The van der Waals surface area contributed by atoms with Gasteiger partial charge in [-0.15, -0.1) is 0 Å². The van der Waals surface area contributed by atoms with Crippen molar-refractivity contribution in [1.82, 2.24) is 9.80 Å². The Morgan fingerprint density at radius 1 is 0.897 bits per heavy atom. The second-order valence-corrected chi connectivity index (χ2v) is 8.81. The zero-order valence-corrected chi connectivity index (χ0v) is 17.1. The molecule has 2 aromatic rings. The molecule has 1 atom stereocenters. The first kappa shape index (κ1) is 18.7. The number of piperidine rings is 1. The number of hydrogen-bond acceptors (Lipinski definition) is 3. The lowest BCUT2D eigenvalue weighted by Gasteiger charge is -2.45. The molecule has 5 rings (SSSR count). The van der Waals surface area contributed by atoms with Gasteiger partial charge in [0.1, 0.15) is 17.9 Å². The van der Waals surface area contributed by atoms with E-state index in [0.29, 0.717) is 18.6 Å². The maximum atomic E-state index is 13.4. The van der Waals surface area contributed by atoms with E-state index in [4.69, 9.17) is 4.74 Å². The van der Waals surface area contributed by atoms with Crippen LogP contribution in [0.1, 0.15) is 49.7 Å². The average Bonchev–Trinajstić information content (AvgIpc) is 3.53. The van der Waals surface area contributed by atoms with Crippen molar-refractivity contribution < 1.29 is 9.53 Å². The lowest BCUT2D eigenvalue weighted by atomic mass is 9.85. The molecule has 2 aromatic carbocycles. The van der Waals surface area contributed by atoms with Crippen LogP contribution in [0.15, 0.2) is 54.6 Å². The Kier molecular flexibility index (Phi) is 5.04. The first-order chi connectivity index (χ1) is 14.2. The van der Waals surface area contributed by atoms with Crippen LogP contribution < -0.4 is 4.74 Å². The monoisotopic (exact) mass is 390 g/mol. The van der Waals surface area contributed by atoms with Gasteiger partial charge in [0.15, 0.2) is 0 Å². The molecule has 2 heterocycles. The van der Waals surface area contributed by atoms with E-state index in [2.05, 4.69) is 46.2 Å². The average molecular weight is 391 g/mol. The van der Waals surface area contributed by atoms with E-state index < -0.39 is 0 Å². The molecule has 4 nitrogen and oxygen atoms in total. The molecule has 1 spiro atoms. The summed E-state index contributed by atoms with van der Waals surface area (Å²) in [6.45, 7) is 3.42. The molecule has 4 heteroatoms. The van der Waals surface area contributed by atoms with Gasteiger partial charge in [-0.3, -0.25) is 9.69 Å². The van der Waals surface area contributed by atoms with Gasteiger partial charge in [-0.2, -0.15) is 0 Å². The minimum absolute atomic E-state index is 0.247. The molecule has 0 N–H and O–H groups in total. The Bertz CT molecular complexity index is 847. The highest BCUT2D eigenvalue weighted by Crippen LogP contribution is 2.42. The molecule has 152 valence electrons. The topological polar surface area (TPSA) is 32.8 Å². The molecule has 29 heavy (non-hydrogen) atoms. The fourth-order valence-corrected chi connectivity index (χ4v) is 5.09. The number of amides is 1. The Morgan fingerprint density at radius 2 is 1.62 bits per heavy atom. The molecular weight excluding hydrogens is 360 g/mol. The third-order valence-corrected chi connectivity index (χ3v) is 6.80. The van der Waals surface area contributed by atoms with Gasteiger partial charge in [-0.05, 0) is 68.3 Å². The molecule has 1 aliphatic carbocycles. The summed E-state index contributed by atoms with van der Waals surface area (Å²) in [5.41, 5.74) is 2.19. The quantitative estimate of drug-likeness (QED) is 0.734. The van der Waals surface area contributed by atoms with Crippen LogP contribution in [0.4, 0.5) is 0 Å². The number of carbonyl (C=O) groups excluding carboxylic acids is 1. The van der Waals surface area contributed by atoms with E-state index in [1.54, 1.807) is 0 Å². The van der Waals surface area contributed by atoms with E-state index in [1.165, 1.54) is 24.0 Å². The van der Waals surface area contributed by atoms with Crippen molar-refractivity contribution in [3.05, 3.63) is 65.7 Å². The number of rotatable bonds is 6. The predicted octanol–water partition coefficient (Wildman–Crippen LogP) is 4.39. The maximum absolute atomic E-state index is 13.4. The summed E-state index contributed by atoms with van der Waals surface area (Å²) in [7, 11) is 0. The van der Waals surface area contributed by atoms with Gasteiger partial charge < -0.3 is 9.64 Å². The Labute approximate surface area is 173 Å². The SMILES string of the molecule is O=C1N(C2CC2)CCCC12CCCN2Cc1ccc(OCc2ccccc2)cc1. The van der Waals surface area contributed by atoms with Gasteiger partial charge in [-0.1, -0.05) is 42.5 Å². The lowest BCUT2D eigenvalue weighted by Crippen LogP contribution is -2.60. The predicted molar refractivity (Wildman–Crippen MR) is 114 cm³/mol. The number of ether oxygens (including phenoxy) is 1. The van der Waals surface area contributed by atoms with Crippen LogP contribution in [0, 0.1) is 0 Å². The molecule has 0 radical (unpaired) electrons. The fraction of sp³-hybridized carbons (Fsp3) is 0.480. The van der Waals surface area contributed by atoms with Gasteiger partial charge in [0, 0.05) is 19.1 Å². The van der Waals surface area contributed by atoms with Crippen molar-refractivity contribution in [3.8, 4) is 5.75 Å². The van der Waals surface area contributed by atoms with Crippen LogP contribution in [0.2, 0.25) is 0 Å². The van der Waals surface area contributed by atoms with Crippen molar-refractivity contribution in [1.29, 1.82) is 0 Å². The van der Waals surface area contributed by atoms with Crippen LogP contribution in [-0.4, -0.2) is 40.4 Å². The zero-order chi connectivity index (χ0) is 19.7. The van der Waals surface area contributed by atoms with E-state index in [0.717, 1.165) is 51.1 Å². The maximum Gasteiger partial charge on any atom is 0.243 e. The zero-order valence-electron chi connectivity index (χ0n) is 17.1. The smallest absolute Gasteiger partial charge is 0.243 e. The number of hydrogen-bond donors (Lipinski definition) is 0. The minimum Gasteiger partial charge on any atom is -0.489 e. The normalized spacial score (nSPS) is 25.0. The van der Waals surface area contributed by atoms with E-state index in [1.807, 2.05) is 18.2 Å². The second-order valence-electron chi connectivity index (χ2n) is 8.81. The summed E-state index contributed by atoms with van der Waals surface area (Å²) in [5.74, 6) is 1.30. The van der Waals surface area contributed by atoms with Crippen LogP contribution in [0.25, 0.3) is 0 Å². The number of nitrogens with zero attached hydrogens (tertiary/aromatic N) is 2. The largest absolute Gasteiger partial charge is 0.489 e. The molecule has 1 saturated carbocycles. The summed E-state index contributed by atoms with van der Waals surface area (Å²) >= 11 is 0. The number of benzene rings is 2. The van der Waals surface area contributed by atoms with Crippen molar-refractivity contribution in [3.63, 3.8) is 0 Å². The molecule has 0 aromatic heterocycles. The number of likely N-dealkylation sites (tertiary alicyclic amines) is 2. The van der Waals surface area contributed by atoms with Crippen LogP contribution in [0.5, 0.6) is 5.75 Å². The van der Waals surface area contributed by atoms with Gasteiger partial charge in [0.2, 0.25) is 5.91 Å². The van der Waals surface area contributed by atoms with Crippen LogP contribution >= 0.6 is 0 Å². The summed E-state index contributed by atoms with van der Waals surface area (Å²) in [4.78, 5) is 18.0. The first-order valence-corrected chi connectivity index (χ1v) is 11.1. The summed E-state index contributed by atoms with van der Waals surface area (Å²) in [5, 5.41) is 0. The molecule has 2 aliphatic heterocycles. The van der Waals surface area contributed by atoms with Crippen molar-refractivity contribution in [2.75, 3.05) is 13.1 Å². The van der Waals surface area contributed by atoms with Crippen LogP contribution in [0.3, 0.4) is 0 Å². The lowest BCUT2D eigenvalue weighted by molar-refractivity contribution is -0.148. The van der Waals surface area contributed by atoms with E-state index >= 15 is 0 Å². The van der Waals surface area contributed by atoms with Crippen molar-refractivity contribution in [2.24, 2.45) is 0 Å². The first-order valence-electron chi connectivity index (χ1n) is 11.1. The van der Waals surface area contributed by atoms with E-state index in [9.17, 15) is 4.79 Å². The Morgan fingerprint density at radius 3 is 2.34 bits per heavy atom. The standard InChI is InChI=1S/C25H30N2O2/c28-24-25(15-5-17-27(24)22-10-11-22)14-4-16-26(25)18-20-8-12-23(13-9-20)29-19-21-6-2-1-3-7-21/h1-3,6-9,12-13,22H,4-5,10-11,14-19H2. The van der Waals surface area contributed by atoms with Gasteiger partial charge >= 0.3 is 0 Å². The minimum atomic E-state index is -0.247. The highest BCUT2D eigenvalue weighted by atomic mass is 16.5. The van der Waals surface area contributed by atoms with Crippen molar-refractivity contribution >= 4 is 5.91 Å². The van der Waals surface area contributed by atoms with Crippen molar-refractivity contribution in [2.45, 2.75) is 63.3 Å². The summed E-state index contributed by atoms with van der Waals surface area (Å²) in [6.07, 6.45) is 6.71. The Hall–Kier alpha value is -2.33. The third kappa shape index (κ3) is 3.78. The fourth-order valence-electron chi connectivity index (χ4n) is 5.09. The summed E-state index contributed by atoms with van der Waals surface area (Å²) < 4.78 is 5.92. The Balaban J connectivity index is 1.24. The van der Waals surface area contributed by atoms with E-state index in [-0.39, 0.29) is 5.54 Å². The van der Waals surface area contributed by atoms with Gasteiger partial charge in [-0.25, -0.2) is 0 Å². The molecule has 3 aliphatic rings. The highest BCUT2D eigenvalue weighted by molar-refractivity contribution is 5.88. The summed E-state index contributed by atoms with van der Waals surface area (Å²) in [6, 6.07) is 19.2.